The van der Waals surface area contributed by atoms with Crippen molar-refractivity contribution in [3.63, 3.8) is 0 Å². The number of nitrogens with zero attached hydrogens (tertiary/aromatic N) is 2. The highest BCUT2D eigenvalue weighted by Gasteiger charge is 2.46. The molecule has 0 saturated carbocycles. The summed E-state index contributed by atoms with van der Waals surface area (Å²) >= 11 is 6.08. The molecule has 2 N–H and O–H groups in total. The van der Waals surface area contributed by atoms with Crippen molar-refractivity contribution < 1.29 is 9.18 Å². The van der Waals surface area contributed by atoms with Gasteiger partial charge in [0.05, 0.1) is 11.6 Å². The van der Waals surface area contributed by atoms with Crippen LogP contribution in [-0.2, 0) is 4.79 Å². The topological polar surface area (TPSA) is 57.3 Å². The molecule has 0 bridgehead atoms. The number of pyridine rings is 1. The van der Waals surface area contributed by atoms with E-state index in [1.165, 1.54) is 12.1 Å². The van der Waals surface area contributed by atoms with Crippen molar-refractivity contribution >= 4 is 45.9 Å². The number of benzene rings is 3. The highest BCUT2D eigenvalue weighted by Crippen LogP contribution is 2.30. The lowest BCUT2D eigenvalue weighted by Gasteiger charge is -2.46. The van der Waals surface area contributed by atoms with Crippen LogP contribution >= 0.6 is 11.6 Å². The Kier molecular flexibility index (Phi) is 7.26. The zero-order valence-corrected chi connectivity index (χ0v) is 20.3. The first-order valence-corrected chi connectivity index (χ1v) is 12.3. The second kappa shape index (κ2) is 10.9. The predicted octanol–water partition coefficient (Wildman–Crippen LogP) is 5.92. The van der Waals surface area contributed by atoms with Gasteiger partial charge in [-0.3, -0.25) is 9.78 Å². The Morgan fingerprint density at radius 1 is 1.00 bits per heavy atom. The minimum Gasteiger partial charge on any atom is -0.384 e. The minimum absolute atomic E-state index is 0.0192. The van der Waals surface area contributed by atoms with Crippen LogP contribution < -0.4 is 15.5 Å². The number of fused-ring (bicyclic) bond motifs is 1. The fraction of sp³-hybridized carbons (Fsp3) is 0.172. The molecule has 5 nitrogen and oxygen atoms in total. The molecule has 1 aliphatic rings. The molecular weight excluding hydrogens is 475 g/mol. The van der Waals surface area contributed by atoms with Crippen LogP contribution in [0.5, 0.6) is 0 Å². The van der Waals surface area contributed by atoms with Gasteiger partial charge in [-0.15, -0.1) is 0 Å². The van der Waals surface area contributed by atoms with Crippen molar-refractivity contribution in [1.29, 1.82) is 0 Å². The number of carbonyl (C=O) groups is 1. The standard InChI is InChI=1S/C29H26ClFN4O/c30-21-8-13-24-25(15-18-33-26(24)19-21)32-16-4-17-34-28-27(14-7-20-5-2-1-3-6-20)35(29(28)36)23-11-9-22(31)10-12-23/h1-3,5-15,18-19,27-28,34H,4,16-17H2,(H,32,33)/b14-7+/t27-,28+/m1/s1. The second-order valence-corrected chi connectivity index (χ2v) is 9.11. The van der Waals surface area contributed by atoms with Gasteiger partial charge in [0, 0.05) is 34.5 Å². The first kappa shape index (κ1) is 24.0. The third-order valence-electron chi connectivity index (χ3n) is 6.27. The minimum atomic E-state index is -0.334. The average Bonchev–Trinajstić information content (AvgIpc) is 2.89. The molecular formula is C29H26ClFN4O. The molecule has 2 atom stereocenters. The molecule has 1 aliphatic heterocycles. The third-order valence-corrected chi connectivity index (χ3v) is 6.51. The summed E-state index contributed by atoms with van der Waals surface area (Å²) in [4.78, 5) is 19.1. The summed E-state index contributed by atoms with van der Waals surface area (Å²) < 4.78 is 13.4. The Hall–Kier alpha value is -3.74. The number of nitrogens with one attached hydrogen (secondary N) is 2. The van der Waals surface area contributed by atoms with E-state index in [1.54, 1.807) is 23.2 Å². The van der Waals surface area contributed by atoms with Gasteiger partial charge in [-0.1, -0.05) is 54.1 Å². The number of carbonyl (C=O) groups excluding carboxylic acids is 1. The molecule has 182 valence electrons. The first-order chi connectivity index (χ1) is 17.6. The smallest absolute Gasteiger partial charge is 0.247 e. The van der Waals surface area contributed by atoms with E-state index >= 15 is 0 Å². The van der Waals surface area contributed by atoms with E-state index in [2.05, 4.69) is 15.6 Å². The molecule has 1 saturated heterocycles. The molecule has 0 radical (unpaired) electrons. The van der Waals surface area contributed by atoms with Gasteiger partial charge in [-0.05, 0) is 67.1 Å². The highest BCUT2D eigenvalue weighted by molar-refractivity contribution is 6.31. The maximum atomic E-state index is 13.4. The number of aromatic nitrogens is 1. The van der Waals surface area contributed by atoms with Crippen LogP contribution in [-0.4, -0.2) is 36.1 Å². The predicted molar refractivity (Wildman–Crippen MR) is 145 cm³/mol. The summed E-state index contributed by atoms with van der Waals surface area (Å²) in [5, 5.41) is 8.55. The lowest BCUT2D eigenvalue weighted by molar-refractivity contribution is -0.126. The molecule has 1 fully saturated rings. The van der Waals surface area contributed by atoms with Crippen molar-refractivity contribution in [2.24, 2.45) is 0 Å². The van der Waals surface area contributed by atoms with E-state index in [0.717, 1.165) is 35.1 Å². The summed E-state index contributed by atoms with van der Waals surface area (Å²) in [5.41, 5.74) is 3.60. The van der Waals surface area contributed by atoms with Crippen molar-refractivity contribution in [2.75, 3.05) is 23.3 Å². The molecule has 4 aromatic rings. The van der Waals surface area contributed by atoms with Gasteiger partial charge in [0.2, 0.25) is 5.91 Å². The molecule has 0 spiro atoms. The van der Waals surface area contributed by atoms with Crippen LogP contribution in [0.3, 0.4) is 0 Å². The molecule has 3 aromatic carbocycles. The Morgan fingerprint density at radius 3 is 2.61 bits per heavy atom. The molecule has 7 heteroatoms. The van der Waals surface area contributed by atoms with Crippen LogP contribution in [0.1, 0.15) is 12.0 Å². The van der Waals surface area contributed by atoms with Crippen LogP contribution in [0.25, 0.3) is 17.0 Å². The molecule has 2 heterocycles. The van der Waals surface area contributed by atoms with Gasteiger partial charge in [-0.2, -0.15) is 0 Å². The lowest BCUT2D eigenvalue weighted by Crippen LogP contribution is -2.69. The number of anilines is 2. The van der Waals surface area contributed by atoms with Crippen molar-refractivity contribution in [3.8, 4) is 0 Å². The van der Waals surface area contributed by atoms with Crippen molar-refractivity contribution in [2.45, 2.75) is 18.5 Å². The number of halogens is 2. The van der Waals surface area contributed by atoms with Crippen molar-refractivity contribution in [3.05, 3.63) is 108 Å². The van der Waals surface area contributed by atoms with Gasteiger partial charge in [0.1, 0.15) is 11.9 Å². The summed E-state index contributed by atoms with van der Waals surface area (Å²) in [7, 11) is 0. The summed E-state index contributed by atoms with van der Waals surface area (Å²) in [6.07, 6.45) is 6.64. The van der Waals surface area contributed by atoms with Crippen LogP contribution in [0.2, 0.25) is 5.02 Å². The molecule has 0 unspecified atom stereocenters. The van der Waals surface area contributed by atoms with Gasteiger partial charge in [-0.25, -0.2) is 4.39 Å². The van der Waals surface area contributed by atoms with Gasteiger partial charge in [0.15, 0.2) is 0 Å². The quantitative estimate of drug-likeness (QED) is 0.221. The second-order valence-electron chi connectivity index (χ2n) is 8.68. The number of amides is 1. The average molecular weight is 501 g/mol. The SMILES string of the molecule is O=C1[C@@H](NCCCNc2ccnc3cc(Cl)ccc23)[C@@H](/C=C/c2ccccc2)N1c1ccc(F)cc1. The normalized spacial score (nSPS) is 17.5. The monoisotopic (exact) mass is 500 g/mol. The zero-order chi connectivity index (χ0) is 24.9. The number of hydrogen-bond donors (Lipinski definition) is 2. The first-order valence-electron chi connectivity index (χ1n) is 11.9. The van der Waals surface area contributed by atoms with Gasteiger partial charge >= 0.3 is 0 Å². The fourth-order valence-electron chi connectivity index (χ4n) is 4.43. The van der Waals surface area contributed by atoms with Crippen LogP contribution in [0.15, 0.2) is 91.1 Å². The Labute approximate surface area is 214 Å². The van der Waals surface area contributed by atoms with Gasteiger partial charge in [0.25, 0.3) is 0 Å². The Balaban J connectivity index is 1.21. The van der Waals surface area contributed by atoms with E-state index in [0.29, 0.717) is 17.3 Å². The number of β-lactam (4-membered cyclic amide) rings is 1. The van der Waals surface area contributed by atoms with Gasteiger partial charge < -0.3 is 15.5 Å². The lowest BCUT2D eigenvalue weighted by atomic mass is 9.92. The maximum Gasteiger partial charge on any atom is 0.247 e. The van der Waals surface area contributed by atoms with E-state index in [-0.39, 0.29) is 23.8 Å². The Morgan fingerprint density at radius 2 is 1.81 bits per heavy atom. The van der Waals surface area contributed by atoms with Crippen molar-refractivity contribution in [1.82, 2.24) is 10.3 Å². The van der Waals surface area contributed by atoms with E-state index in [1.807, 2.05) is 66.7 Å². The van der Waals surface area contributed by atoms with E-state index < -0.39 is 0 Å². The van der Waals surface area contributed by atoms with E-state index in [9.17, 15) is 9.18 Å². The largest absolute Gasteiger partial charge is 0.384 e. The summed E-state index contributed by atoms with van der Waals surface area (Å²) in [6, 6.07) is 23.1. The molecule has 0 aliphatic carbocycles. The third kappa shape index (κ3) is 5.25. The fourth-order valence-corrected chi connectivity index (χ4v) is 4.60. The molecule has 36 heavy (non-hydrogen) atoms. The van der Waals surface area contributed by atoms with E-state index in [4.69, 9.17) is 11.6 Å². The summed E-state index contributed by atoms with van der Waals surface area (Å²) in [5.74, 6) is -0.343. The maximum absolute atomic E-state index is 13.4. The molecule has 5 rings (SSSR count). The summed E-state index contributed by atoms with van der Waals surface area (Å²) in [6.45, 7) is 1.41. The van der Waals surface area contributed by atoms with Crippen LogP contribution in [0.4, 0.5) is 15.8 Å². The number of rotatable bonds is 9. The zero-order valence-electron chi connectivity index (χ0n) is 19.6. The highest BCUT2D eigenvalue weighted by atomic mass is 35.5. The number of hydrogen-bond acceptors (Lipinski definition) is 4. The van der Waals surface area contributed by atoms with Crippen LogP contribution in [0, 0.1) is 5.82 Å². The molecule has 1 aromatic heterocycles. The molecule has 1 amide bonds. The Bertz CT molecular complexity index is 1380.